The SMILES string of the molecule is CCN(c1ccccc1)c1cnc(C(=O)Nc2ccc(OC)cc2OC)cn1. The molecule has 0 bridgehead atoms. The first kappa shape index (κ1) is 19.2. The second-order valence-corrected chi connectivity index (χ2v) is 5.86. The van der Waals surface area contributed by atoms with Crippen molar-refractivity contribution in [2.45, 2.75) is 6.92 Å². The maximum Gasteiger partial charge on any atom is 0.275 e. The number of benzene rings is 2. The van der Waals surface area contributed by atoms with Crippen LogP contribution in [0, 0.1) is 0 Å². The number of amides is 1. The van der Waals surface area contributed by atoms with Gasteiger partial charge in [0.25, 0.3) is 5.91 Å². The second kappa shape index (κ2) is 8.85. The minimum absolute atomic E-state index is 0.214. The highest BCUT2D eigenvalue weighted by molar-refractivity contribution is 6.03. The van der Waals surface area contributed by atoms with Crippen LogP contribution >= 0.6 is 0 Å². The minimum atomic E-state index is -0.370. The fourth-order valence-electron chi connectivity index (χ4n) is 2.75. The molecule has 7 nitrogen and oxygen atoms in total. The number of methoxy groups -OCH3 is 2. The first-order chi connectivity index (χ1) is 13.7. The van der Waals surface area contributed by atoms with Gasteiger partial charge in [0.05, 0.1) is 32.3 Å². The van der Waals surface area contributed by atoms with Gasteiger partial charge in [-0.05, 0) is 31.2 Å². The summed E-state index contributed by atoms with van der Waals surface area (Å²) in [5, 5.41) is 2.79. The molecule has 1 heterocycles. The molecular weight excluding hydrogens is 356 g/mol. The third-order valence-corrected chi connectivity index (χ3v) is 4.19. The normalized spacial score (nSPS) is 10.2. The lowest BCUT2D eigenvalue weighted by atomic mass is 10.2. The topological polar surface area (TPSA) is 76.6 Å². The van der Waals surface area contributed by atoms with Gasteiger partial charge in [-0.1, -0.05) is 18.2 Å². The standard InChI is InChI=1S/C21H22N4O3/c1-4-25(15-8-6-5-7-9-15)20-14-22-18(13-23-20)21(26)24-17-11-10-16(27-2)12-19(17)28-3/h5-14H,4H2,1-3H3,(H,24,26). The predicted octanol–water partition coefficient (Wildman–Crippen LogP) is 3.90. The molecule has 1 aromatic heterocycles. The van der Waals surface area contributed by atoms with Crippen LogP contribution in [0.3, 0.4) is 0 Å². The number of aromatic nitrogens is 2. The summed E-state index contributed by atoms with van der Waals surface area (Å²) in [5.41, 5.74) is 1.75. The van der Waals surface area contributed by atoms with E-state index in [1.807, 2.05) is 42.2 Å². The van der Waals surface area contributed by atoms with Crippen LogP contribution in [-0.4, -0.2) is 36.6 Å². The number of carbonyl (C=O) groups is 1. The molecule has 0 saturated heterocycles. The number of hydrogen-bond donors (Lipinski definition) is 1. The van der Waals surface area contributed by atoms with Crippen molar-refractivity contribution in [1.29, 1.82) is 0 Å². The number of rotatable bonds is 7. The smallest absolute Gasteiger partial charge is 0.275 e. The summed E-state index contributed by atoms with van der Waals surface area (Å²) in [6, 6.07) is 15.1. The molecule has 0 radical (unpaired) electrons. The number of para-hydroxylation sites is 1. The van der Waals surface area contributed by atoms with E-state index in [4.69, 9.17) is 9.47 Å². The number of carbonyl (C=O) groups excluding carboxylic acids is 1. The highest BCUT2D eigenvalue weighted by Gasteiger charge is 2.14. The molecule has 0 fully saturated rings. The van der Waals surface area contributed by atoms with Gasteiger partial charge in [0, 0.05) is 18.3 Å². The summed E-state index contributed by atoms with van der Waals surface area (Å²) in [7, 11) is 3.10. The molecule has 2 aromatic carbocycles. The van der Waals surface area contributed by atoms with Crippen LogP contribution in [0.1, 0.15) is 17.4 Å². The fourth-order valence-corrected chi connectivity index (χ4v) is 2.75. The zero-order chi connectivity index (χ0) is 19.9. The van der Waals surface area contributed by atoms with Gasteiger partial charge in [-0.2, -0.15) is 0 Å². The Kier molecular flexibility index (Phi) is 6.06. The van der Waals surface area contributed by atoms with Gasteiger partial charge in [-0.15, -0.1) is 0 Å². The quantitative estimate of drug-likeness (QED) is 0.672. The van der Waals surface area contributed by atoms with Crippen molar-refractivity contribution >= 4 is 23.1 Å². The molecule has 1 amide bonds. The third kappa shape index (κ3) is 4.20. The molecule has 0 unspecified atom stereocenters. The molecule has 0 aliphatic carbocycles. The molecule has 0 aliphatic rings. The van der Waals surface area contributed by atoms with Gasteiger partial charge in [0.2, 0.25) is 0 Å². The lowest BCUT2D eigenvalue weighted by Gasteiger charge is -2.21. The maximum atomic E-state index is 12.5. The summed E-state index contributed by atoms with van der Waals surface area (Å²) in [6.07, 6.45) is 3.06. The van der Waals surface area contributed by atoms with Crippen LogP contribution in [0.15, 0.2) is 60.9 Å². The number of nitrogens with zero attached hydrogens (tertiary/aromatic N) is 3. The monoisotopic (exact) mass is 378 g/mol. The predicted molar refractivity (Wildman–Crippen MR) is 109 cm³/mol. The Morgan fingerprint density at radius 3 is 2.43 bits per heavy atom. The van der Waals surface area contributed by atoms with E-state index in [1.165, 1.54) is 13.3 Å². The summed E-state index contributed by atoms with van der Waals surface area (Å²) < 4.78 is 10.5. The Morgan fingerprint density at radius 1 is 1.04 bits per heavy atom. The van der Waals surface area contributed by atoms with Gasteiger partial charge in [-0.3, -0.25) is 4.79 Å². The Balaban J connectivity index is 1.77. The molecule has 0 saturated carbocycles. The Hall–Kier alpha value is -3.61. The number of nitrogens with one attached hydrogen (secondary N) is 1. The van der Waals surface area contributed by atoms with Gasteiger partial charge < -0.3 is 19.7 Å². The Morgan fingerprint density at radius 2 is 1.82 bits per heavy atom. The van der Waals surface area contributed by atoms with Crippen LogP contribution in [0.2, 0.25) is 0 Å². The molecule has 0 atom stereocenters. The van der Waals surface area contributed by atoms with Crippen molar-refractivity contribution in [3.05, 3.63) is 66.6 Å². The van der Waals surface area contributed by atoms with E-state index < -0.39 is 0 Å². The number of ether oxygens (including phenoxy) is 2. The number of hydrogen-bond acceptors (Lipinski definition) is 6. The zero-order valence-electron chi connectivity index (χ0n) is 16.0. The average molecular weight is 378 g/mol. The van der Waals surface area contributed by atoms with Crippen molar-refractivity contribution in [2.75, 3.05) is 31.0 Å². The first-order valence-corrected chi connectivity index (χ1v) is 8.84. The van der Waals surface area contributed by atoms with Crippen LogP contribution < -0.4 is 19.7 Å². The molecule has 3 aromatic rings. The van der Waals surface area contributed by atoms with Crippen LogP contribution in [0.4, 0.5) is 17.2 Å². The molecule has 1 N–H and O–H groups in total. The molecule has 28 heavy (non-hydrogen) atoms. The highest BCUT2D eigenvalue weighted by atomic mass is 16.5. The van der Waals surface area contributed by atoms with E-state index in [2.05, 4.69) is 15.3 Å². The van der Waals surface area contributed by atoms with Gasteiger partial charge >= 0.3 is 0 Å². The summed E-state index contributed by atoms with van der Waals surface area (Å²) in [6.45, 7) is 2.76. The zero-order valence-corrected chi connectivity index (χ0v) is 16.0. The van der Waals surface area contributed by atoms with E-state index in [1.54, 1.807) is 31.5 Å². The fraction of sp³-hybridized carbons (Fsp3) is 0.190. The van der Waals surface area contributed by atoms with E-state index in [0.717, 1.165) is 12.2 Å². The van der Waals surface area contributed by atoms with Gasteiger partial charge in [0.15, 0.2) is 5.82 Å². The van der Waals surface area contributed by atoms with E-state index in [0.29, 0.717) is 23.0 Å². The Bertz CT molecular complexity index is 930. The van der Waals surface area contributed by atoms with Crippen molar-refractivity contribution in [1.82, 2.24) is 9.97 Å². The molecule has 0 aliphatic heterocycles. The lowest BCUT2D eigenvalue weighted by Crippen LogP contribution is -2.19. The third-order valence-electron chi connectivity index (χ3n) is 4.19. The number of anilines is 3. The largest absolute Gasteiger partial charge is 0.497 e. The molecule has 144 valence electrons. The maximum absolute atomic E-state index is 12.5. The second-order valence-electron chi connectivity index (χ2n) is 5.86. The van der Waals surface area contributed by atoms with Crippen molar-refractivity contribution in [2.24, 2.45) is 0 Å². The first-order valence-electron chi connectivity index (χ1n) is 8.84. The van der Waals surface area contributed by atoms with E-state index in [9.17, 15) is 4.79 Å². The summed E-state index contributed by atoms with van der Waals surface area (Å²) in [5.74, 6) is 1.44. The van der Waals surface area contributed by atoms with Crippen molar-refractivity contribution < 1.29 is 14.3 Å². The van der Waals surface area contributed by atoms with E-state index in [-0.39, 0.29) is 11.6 Å². The average Bonchev–Trinajstić information content (AvgIpc) is 2.75. The van der Waals surface area contributed by atoms with Crippen LogP contribution in [-0.2, 0) is 0 Å². The molecular formula is C21H22N4O3. The summed E-state index contributed by atoms with van der Waals surface area (Å²) in [4.78, 5) is 23.2. The minimum Gasteiger partial charge on any atom is -0.497 e. The summed E-state index contributed by atoms with van der Waals surface area (Å²) >= 11 is 0. The Labute approximate surface area is 164 Å². The lowest BCUT2D eigenvalue weighted by molar-refractivity contribution is 0.102. The molecule has 0 spiro atoms. The van der Waals surface area contributed by atoms with Crippen molar-refractivity contribution in [3.63, 3.8) is 0 Å². The van der Waals surface area contributed by atoms with Crippen molar-refractivity contribution in [3.8, 4) is 11.5 Å². The molecule has 3 rings (SSSR count). The van der Waals surface area contributed by atoms with E-state index >= 15 is 0 Å². The van der Waals surface area contributed by atoms with Crippen LogP contribution in [0.25, 0.3) is 0 Å². The van der Waals surface area contributed by atoms with Gasteiger partial charge in [-0.25, -0.2) is 9.97 Å². The molecule has 7 heteroatoms. The highest BCUT2D eigenvalue weighted by Crippen LogP contribution is 2.29. The van der Waals surface area contributed by atoms with Gasteiger partial charge in [0.1, 0.15) is 17.2 Å². The van der Waals surface area contributed by atoms with Crippen LogP contribution in [0.5, 0.6) is 11.5 Å².